The average molecular weight is 223 g/mol. The van der Waals surface area contributed by atoms with Gasteiger partial charge in [0.15, 0.2) is 0 Å². The van der Waals surface area contributed by atoms with Gasteiger partial charge in [0.25, 0.3) is 5.91 Å². The van der Waals surface area contributed by atoms with E-state index in [2.05, 4.69) is 10.6 Å². The summed E-state index contributed by atoms with van der Waals surface area (Å²) >= 11 is 0. The molecule has 1 heterocycles. The maximum Gasteiger partial charge on any atom is 0.268 e. The smallest absolute Gasteiger partial charge is 0.268 e. The number of rotatable bonds is 4. The first kappa shape index (κ1) is 11.1. The van der Waals surface area contributed by atoms with Crippen LogP contribution in [0.4, 0.5) is 0 Å². The Morgan fingerprint density at radius 1 is 1.56 bits per heavy atom. The molecule has 1 aromatic rings. The quantitative estimate of drug-likeness (QED) is 0.786. The van der Waals surface area contributed by atoms with E-state index in [0.29, 0.717) is 0 Å². The van der Waals surface area contributed by atoms with E-state index >= 15 is 0 Å². The van der Waals surface area contributed by atoms with Crippen molar-refractivity contribution in [3.8, 4) is 0 Å². The van der Waals surface area contributed by atoms with E-state index in [1.807, 2.05) is 0 Å². The standard InChI is InChI=1S/C11H17N3O2/c1-9(14-8-4-7-12-14)11(15)13-16-10-5-2-3-6-10/h4,7-10H,2-3,5-6H2,1H3,(H,13,15). The molecule has 0 radical (unpaired) electrons. The minimum atomic E-state index is -0.337. The minimum absolute atomic E-state index is 0.157. The Morgan fingerprint density at radius 3 is 2.94 bits per heavy atom. The van der Waals surface area contributed by atoms with Crippen molar-refractivity contribution in [2.24, 2.45) is 0 Å². The molecule has 1 saturated carbocycles. The molecule has 2 rings (SSSR count). The van der Waals surface area contributed by atoms with E-state index in [1.165, 1.54) is 12.8 Å². The second-order valence-corrected chi connectivity index (χ2v) is 4.15. The van der Waals surface area contributed by atoms with Crippen LogP contribution in [-0.2, 0) is 9.63 Å². The molecule has 1 atom stereocenters. The lowest BCUT2D eigenvalue weighted by Gasteiger charge is -2.15. The highest BCUT2D eigenvalue weighted by Gasteiger charge is 2.19. The Morgan fingerprint density at radius 2 is 2.31 bits per heavy atom. The summed E-state index contributed by atoms with van der Waals surface area (Å²) in [7, 11) is 0. The van der Waals surface area contributed by atoms with E-state index in [4.69, 9.17) is 4.84 Å². The van der Waals surface area contributed by atoms with Crippen LogP contribution in [0.2, 0.25) is 0 Å². The first-order valence-corrected chi connectivity index (χ1v) is 5.72. The summed E-state index contributed by atoms with van der Waals surface area (Å²) in [5, 5.41) is 4.02. The minimum Gasteiger partial charge on any atom is -0.270 e. The van der Waals surface area contributed by atoms with Gasteiger partial charge in [0.2, 0.25) is 0 Å². The van der Waals surface area contributed by atoms with Gasteiger partial charge < -0.3 is 0 Å². The van der Waals surface area contributed by atoms with Crippen LogP contribution in [0.15, 0.2) is 18.5 Å². The zero-order chi connectivity index (χ0) is 11.4. The SMILES string of the molecule is CC(C(=O)NOC1CCCC1)n1cccn1. The fourth-order valence-corrected chi connectivity index (χ4v) is 1.86. The maximum absolute atomic E-state index is 11.7. The molecule has 1 aliphatic rings. The third kappa shape index (κ3) is 2.61. The molecule has 0 aliphatic heterocycles. The van der Waals surface area contributed by atoms with Crippen molar-refractivity contribution in [3.63, 3.8) is 0 Å². The molecular weight excluding hydrogens is 206 g/mol. The van der Waals surface area contributed by atoms with E-state index in [1.54, 1.807) is 30.1 Å². The summed E-state index contributed by atoms with van der Waals surface area (Å²) < 4.78 is 1.60. The Balaban J connectivity index is 1.79. The highest BCUT2D eigenvalue weighted by molar-refractivity contribution is 5.78. The van der Waals surface area contributed by atoms with Gasteiger partial charge in [-0.05, 0) is 25.8 Å². The predicted octanol–water partition coefficient (Wildman–Crippen LogP) is 1.43. The highest BCUT2D eigenvalue weighted by atomic mass is 16.7. The zero-order valence-electron chi connectivity index (χ0n) is 9.43. The van der Waals surface area contributed by atoms with Crippen LogP contribution in [0.1, 0.15) is 38.6 Å². The molecular formula is C11H17N3O2. The van der Waals surface area contributed by atoms with Crippen molar-refractivity contribution in [3.05, 3.63) is 18.5 Å². The number of aromatic nitrogens is 2. The lowest BCUT2D eigenvalue weighted by atomic mass is 10.3. The largest absolute Gasteiger partial charge is 0.270 e. The maximum atomic E-state index is 11.7. The first-order valence-electron chi connectivity index (χ1n) is 5.72. The van der Waals surface area contributed by atoms with Crippen molar-refractivity contribution in [1.29, 1.82) is 0 Å². The fraction of sp³-hybridized carbons (Fsp3) is 0.636. The van der Waals surface area contributed by atoms with Crippen LogP contribution >= 0.6 is 0 Å². The second kappa shape index (κ2) is 5.12. The summed E-state index contributed by atoms with van der Waals surface area (Å²) in [5.74, 6) is -0.157. The Hall–Kier alpha value is -1.36. The van der Waals surface area contributed by atoms with E-state index in [0.717, 1.165) is 12.8 Å². The third-order valence-electron chi connectivity index (χ3n) is 2.93. The van der Waals surface area contributed by atoms with Crippen LogP contribution < -0.4 is 5.48 Å². The number of nitrogens with zero attached hydrogens (tertiary/aromatic N) is 2. The van der Waals surface area contributed by atoms with Gasteiger partial charge in [0.1, 0.15) is 6.04 Å². The first-order chi connectivity index (χ1) is 7.77. The molecule has 0 spiro atoms. The van der Waals surface area contributed by atoms with Crippen LogP contribution in [0.5, 0.6) is 0 Å². The molecule has 1 aromatic heterocycles. The number of carbonyl (C=O) groups excluding carboxylic acids is 1. The molecule has 5 heteroatoms. The molecule has 0 saturated heterocycles. The number of hydrogen-bond donors (Lipinski definition) is 1. The molecule has 1 amide bonds. The lowest BCUT2D eigenvalue weighted by molar-refractivity contribution is -0.141. The van der Waals surface area contributed by atoms with Gasteiger partial charge in [0, 0.05) is 12.4 Å². The molecule has 16 heavy (non-hydrogen) atoms. The molecule has 5 nitrogen and oxygen atoms in total. The molecule has 0 aromatic carbocycles. The van der Waals surface area contributed by atoms with Crippen LogP contribution in [0.3, 0.4) is 0 Å². The average Bonchev–Trinajstić information content (AvgIpc) is 2.96. The van der Waals surface area contributed by atoms with E-state index in [-0.39, 0.29) is 18.1 Å². The van der Waals surface area contributed by atoms with E-state index in [9.17, 15) is 4.79 Å². The van der Waals surface area contributed by atoms with Crippen LogP contribution in [-0.4, -0.2) is 21.8 Å². The van der Waals surface area contributed by atoms with Gasteiger partial charge in [-0.2, -0.15) is 5.10 Å². The Labute approximate surface area is 94.7 Å². The summed E-state index contributed by atoms with van der Waals surface area (Å²) in [6.45, 7) is 1.79. The Kier molecular flexibility index (Phi) is 3.56. The van der Waals surface area contributed by atoms with Gasteiger partial charge in [0.05, 0.1) is 6.10 Å². The zero-order valence-corrected chi connectivity index (χ0v) is 9.43. The molecule has 1 fully saturated rings. The third-order valence-corrected chi connectivity index (χ3v) is 2.93. The second-order valence-electron chi connectivity index (χ2n) is 4.15. The van der Waals surface area contributed by atoms with Gasteiger partial charge in [-0.15, -0.1) is 0 Å². The van der Waals surface area contributed by atoms with Gasteiger partial charge in [-0.25, -0.2) is 5.48 Å². The highest BCUT2D eigenvalue weighted by Crippen LogP contribution is 2.20. The lowest BCUT2D eigenvalue weighted by Crippen LogP contribution is -2.34. The fourth-order valence-electron chi connectivity index (χ4n) is 1.86. The van der Waals surface area contributed by atoms with Gasteiger partial charge in [-0.1, -0.05) is 12.8 Å². The van der Waals surface area contributed by atoms with Gasteiger partial charge >= 0.3 is 0 Å². The van der Waals surface area contributed by atoms with Crippen molar-refractivity contribution < 1.29 is 9.63 Å². The number of nitrogens with one attached hydrogen (secondary N) is 1. The number of hydrogen-bond acceptors (Lipinski definition) is 3. The predicted molar refractivity (Wildman–Crippen MR) is 58.4 cm³/mol. The van der Waals surface area contributed by atoms with Crippen molar-refractivity contribution in [2.45, 2.75) is 44.8 Å². The van der Waals surface area contributed by atoms with Crippen molar-refractivity contribution in [2.75, 3.05) is 0 Å². The number of carbonyl (C=O) groups is 1. The van der Waals surface area contributed by atoms with Gasteiger partial charge in [-0.3, -0.25) is 14.3 Å². The molecule has 1 unspecified atom stereocenters. The Bertz CT molecular complexity index is 331. The van der Waals surface area contributed by atoms with Crippen LogP contribution in [0.25, 0.3) is 0 Å². The molecule has 1 aliphatic carbocycles. The summed E-state index contributed by atoms with van der Waals surface area (Å²) in [4.78, 5) is 17.0. The van der Waals surface area contributed by atoms with Crippen molar-refractivity contribution in [1.82, 2.24) is 15.3 Å². The topological polar surface area (TPSA) is 56.1 Å². The normalized spacial score (nSPS) is 18.6. The number of amides is 1. The van der Waals surface area contributed by atoms with E-state index < -0.39 is 0 Å². The monoisotopic (exact) mass is 223 g/mol. The summed E-state index contributed by atoms with van der Waals surface area (Å²) in [5.41, 5.74) is 2.51. The molecule has 1 N–H and O–H groups in total. The summed E-state index contributed by atoms with van der Waals surface area (Å²) in [6, 6.07) is 1.46. The summed E-state index contributed by atoms with van der Waals surface area (Å²) in [6.07, 6.45) is 8.06. The number of hydroxylamine groups is 1. The molecule has 0 bridgehead atoms. The van der Waals surface area contributed by atoms with Crippen LogP contribution in [0, 0.1) is 0 Å². The van der Waals surface area contributed by atoms with Crippen molar-refractivity contribution >= 4 is 5.91 Å². The molecule has 88 valence electrons.